The lowest BCUT2D eigenvalue weighted by Crippen LogP contribution is -2.18. The number of hydrogen-bond acceptors (Lipinski definition) is 4. The van der Waals surface area contributed by atoms with E-state index in [0.29, 0.717) is 30.4 Å². The first-order valence-corrected chi connectivity index (χ1v) is 7.61. The Morgan fingerprint density at radius 2 is 1.76 bits per heavy atom. The van der Waals surface area contributed by atoms with E-state index in [1.54, 1.807) is 18.2 Å². The molecule has 1 heterocycles. The smallest absolute Gasteiger partial charge is 0.226 e. The summed E-state index contributed by atoms with van der Waals surface area (Å²) < 4.78 is 50.3. The van der Waals surface area contributed by atoms with Crippen molar-refractivity contribution in [3.63, 3.8) is 0 Å². The minimum absolute atomic E-state index is 0.00682. The third-order valence-corrected chi connectivity index (χ3v) is 3.53. The second-order valence-corrected chi connectivity index (χ2v) is 5.31. The number of nitrogens with one attached hydrogen (secondary N) is 2. The number of carbonyl (C=O) groups excluding carboxylic acids is 1. The van der Waals surface area contributed by atoms with E-state index in [9.17, 15) is 18.0 Å². The van der Waals surface area contributed by atoms with Crippen LogP contribution in [0.3, 0.4) is 0 Å². The Morgan fingerprint density at radius 3 is 2.56 bits per heavy atom. The van der Waals surface area contributed by atoms with Crippen molar-refractivity contribution >= 4 is 17.3 Å². The lowest BCUT2D eigenvalue weighted by Gasteiger charge is -2.19. The van der Waals surface area contributed by atoms with Gasteiger partial charge in [0.05, 0.1) is 5.69 Å². The van der Waals surface area contributed by atoms with Crippen molar-refractivity contribution in [1.82, 2.24) is 0 Å². The molecule has 2 N–H and O–H groups in total. The molecular weight excluding hydrogens is 337 g/mol. The van der Waals surface area contributed by atoms with E-state index < -0.39 is 17.5 Å². The predicted molar refractivity (Wildman–Crippen MR) is 85.5 cm³/mol. The van der Waals surface area contributed by atoms with Gasteiger partial charge in [-0.25, -0.2) is 13.2 Å². The van der Waals surface area contributed by atoms with Gasteiger partial charge in [-0.05, 0) is 24.3 Å². The summed E-state index contributed by atoms with van der Waals surface area (Å²) in [6, 6.07) is 6.91. The number of carbonyl (C=O) groups is 1. The number of rotatable bonds is 5. The molecule has 3 rings (SSSR count). The first-order valence-electron chi connectivity index (χ1n) is 7.61. The van der Waals surface area contributed by atoms with Gasteiger partial charge < -0.3 is 20.1 Å². The molecule has 1 aliphatic heterocycles. The number of anilines is 2. The van der Waals surface area contributed by atoms with Crippen LogP contribution in [0, 0.1) is 17.5 Å². The van der Waals surface area contributed by atoms with Crippen LogP contribution in [0.1, 0.15) is 6.42 Å². The van der Waals surface area contributed by atoms with E-state index in [0.717, 1.165) is 12.1 Å². The van der Waals surface area contributed by atoms with Gasteiger partial charge in [0.1, 0.15) is 13.2 Å². The van der Waals surface area contributed by atoms with Gasteiger partial charge in [-0.3, -0.25) is 4.79 Å². The molecule has 25 heavy (non-hydrogen) atoms. The first-order chi connectivity index (χ1) is 12.0. The van der Waals surface area contributed by atoms with Crippen molar-refractivity contribution in [1.29, 1.82) is 0 Å². The summed E-state index contributed by atoms with van der Waals surface area (Å²) in [4.78, 5) is 11.9. The van der Waals surface area contributed by atoms with Crippen LogP contribution in [-0.4, -0.2) is 25.7 Å². The molecule has 2 aromatic rings. The summed E-state index contributed by atoms with van der Waals surface area (Å²) in [7, 11) is 0. The van der Waals surface area contributed by atoms with Crippen molar-refractivity contribution in [2.75, 3.05) is 30.4 Å². The molecule has 5 nitrogen and oxygen atoms in total. The summed E-state index contributed by atoms with van der Waals surface area (Å²) in [6.45, 7) is 0.970. The molecule has 0 saturated carbocycles. The minimum atomic E-state index is -1.55. The van der Waals surface area contributed by atoms with Crippen LogP contribution in [-0.2, 0) is 4.79 Å². The van der Waals surface area contributed by atoms with E-state index in [-0.39, 0.29) is 24.6 Å². The zero-order valence-electron chi connectivity index (χ0n) is 13.1. The zero-order chi connectivity index (χ0) is 17.8. The second kappa shape index (κ2) is 7.33. The minimum Gasteiger partial charge on any atom is -0.486 e. The Morgan fingerprint density at radius 1 is 1.00 bits per heavy atom. The van der Waals surface area contributed by atoms with Gasteiger partial charge >= 0.3 is 0 Å². The highest BCUT2D eigenvalue weighted by Crippen LogP contribution is 2.32. The van der Waals surface area contributed by atoms with Crippen molar-refractivity contribution in [3.8, 4) is 11.5 Å². The number of hydrogen-bond donors (Lipinski definition) is 2. The molecule has 0 spiro atoms. The first kappa shape index (κ1) is 16.9. The molecule has 0 aliphatic carbocycles. The van der Waals surface area contributed by atoms with E-state index >= 15 is 0 Å². The summed E-state index contributed by atoms with van der Waals surface area (Å²) in [5.41, 5.74) is 0.333. The van der Waals surface area contributed by atoms with Crippen molar-refractivity contribution < 1.29 is 27.4 Å². The summed E-state index contributed by atoms with van der Waals surface area (Å²) in [6.07, 6.45) is 0.00682. The maximum Gasteiger partial charge on any atom is 0.226 e. The highest BCUT2D eigenvalue weighted by Gasteiger charge is 2.14. The Hall–Kier alpha value is -2.90. The predicted octanol–water partition coefficient (Wildman–Crippen LogP) is 3.32. The summed E-state index contributed by atoms with van der Waals surface area (Å²) in [5.74, 6) is -3.30. The van der Waals surface area contributed by atoms with Gasteiger partial charge in [0, 0.05) is 24.7 Å². The molecule has 0 atom stereocenters. The Labute approximate surface area is 141 Å². The number of ether oxygens (including phenoxy) is 2. The Balaban J connectivity index is 1.52. The van der Waals surface area contributed by atoms with Crippen LogP contribution < -0.4 is 20.1 Å². The van der Waals surface area contributed by atoms with Crippen LogP contribution >= 0.6 is 0 Å². The standard InChI is InChI=1S/C17H15F3N2O3/c18-11-2-3-12(17(20)16(11)19)21-6-5-15(23)22-10-1-4-13-14(9-10)25-8-7-24-13/h1-4,9,21H,5-8H2,(H,22,23). The van der Waals surface area contributed by atoms with Crippen molar-refractivity contribution in [3.05, 3.63) is 47.8 Å². The SMILES string of the molecule is O=C(CCNc1ccc(F)c(F)c1F)Nc1ccc2c(c1)OCCO2. The van der Waals surface area contributed by atoms with Crippen LogP contribution in [0.15, 0.2) is 30.3 Å². The number of amides is 1. The molecule has 0 unspecified atom stereocenters. The van der Waals surface area contributed by atoms with Crippen LogP contribution in [0.25, 0.3) is 0 Å². The van der Waals surface area contributed by atoms with E-state index in [1.807, 2.05) is 0 Å². The highest BCUT2D eigenvalue weighted by molar-refractivity contribution is 5.91. The fraction of sp³-hybridized carbons (Fsp3) is 0.235. The third-order valence-electron chi connectivity index (χ3n) is 3.53. The number of halogens is 3. The fourth-order valence-corrected chi connectivity index (χ4v) is 2.32. The summed E-state index contributed by atoms with van der Waals surface area (Å²) >= 11 is 0. The number of fused-ring (bicyclic) bond motifs is 1. The fourth-order valence-electron chi connectivity index (χ4n) is 2.32. The molecule has 0 bridgehead atoms. The van der Waals surface area contributed by atoms with Crippen molar-refractivity contribution in [2.24, 2.45) is 0 Å². The van der Waals surface area contributed by atoms with Gasteiger partial charge in [-0.2, -0.15) is 0 Å². The van der Waals surface area contributed by atoms with E-state index in [2.05, 4.69) is 10.6 Å². The highest BCUT2D eigenvalue weighted by atomic mass is 19.2. The van der Waals surface area contributed by atoms with Crippen LogP contribution in [0.2, 0.25) is 0 Å². The largest absolute Gasteiger partial charge is 0.486 e. The number of benzene rings is 2. The molecule has 0 aromatic heterocycles. The van der Waals surface area contributed by atoms with Gasteiger partial charge in [-0.15, -0.1) is 0 Å². The van der Waals surface area contributed by atoms with E-state index in [4.69, 9.17) is 9.47 Å². The topological polar surface area (TPSA) is 59.6 Å². The Kier molecular flexibility index (Phi) is 4.97. The Bertz CT molecular complexity index is 799. The average molecular weight is 352 g/mol. The third kappa shape index (κ3) is 3.96. The van der Waals surface area contributed by atoms with E-state index in [1.165, 1.54) is 0 Å². The van der Waals surface area contributed by atoms with Gasteiger partial charge in [0.15, 0.2) is 29.0 Å². The molecule has 8 heteroatoms. The molecule has 0 saturated heterocycles. The molecule has 2 aromatic carbocycles. The van der Waals surface area contributed by atoms with Crippen LogP contribution in [0.4, 0.5) is 24.5 Å². The molecule has 0 fully saturated rings. The molecule has 132 valence electrons. The lowest BCUT2D eigenvalue weighted by atomic mass is 10.2. The summed E-state index contributed by atoms with van der Waals surface area (Å²) in [5, 5.41) is 5.23. The molecule has 0 radical (unpaired) electrons. The normalized spacial score (nSPS) is 12.6. The molecule has 1 amide bonds. The van der Waals surface area contributed by atoms with Gasteiger partial charge in [0.2, 0.25) is 5.91 Å². The lowest BCUT2D eigenvalue weighted by molar-refractivity contribution is -0.115. The maximum absolute atomic E-state index is 13.5. The van der Waals surface area contributed by atoms with Gasteiger partial charge in [-0.1, -0.05) is 0 Å². The van der Waals surface area contributed by atoms with Crippen molar-refractivity contribution in [2.45, 2.75) is 6.42 Å². The molecular formula is C17H15F3N2O3. The van der Waals surface area contributed by atoms with Crippen LogP contribution in [0.5, 0.6) is 11.5 Å². The average Bonchev–Trinajstić information content (AvgIpc) is 2.61. The quantitative estimate of drug-likeness (QED) is 0.811. The second-order valence-electron chi connectivity index (χ2n) is 5.31. The zero-order valence-corrected chi connectivity index (χ0v) is 13.1. The monoisotopic (exact) mass is 352 g/mol. The molecule has 1 aliphatic rings. The van der Waals surface area contributed by atoms with Gasteiger partial charge in [0.25, 0.3) is 0 Å². The maximum atomic E-state index is 13.5.